The maximum absolute atomic E-state index is 9.11. The number of hydrogen-bond acceptors (Lipinski definition) is 3. The van der Waals surface area contributed by atoms with Crippen LogP contribution < -0.4 is 0 Å². The van der Waals surface area contributed by atoms with Gasteiger partial charge in [-0.1, -0.05) is 30.3 Å². The monoisotopic (exact) mass is 261 g/mol. The first-order chi connectivity index (χ1) is 9.32. The third-order valence-corrected chi connectivity index (χ3v) is 4.76. The van der Waals surface area contributed by atoms with Crippen LogP contribution in [0.5, 0.6) is 0 Å². The van der Waals surface area contributed by atoms with E-state index >= 15 is 0 Å². The summed E-state index contributed by atoms with van der Waals surface area (Å²) in [6, 6.07) is 10.3. The largest absolute Gasteiger partial charge is 0.396 e. The summed E-state index contributed by atoms with van der Waals surface area (Å²) >= 11 is 0. The summed E-state index contributed by atoms with van der Waals surface area (Å²) in [5, 5.41) is 9.11. The Morgan fingerprint density at radius 1 is 1.32 bits per heavy atom. The van der Waals surface area contributed by atoms with Crippen LogP contribution in [0.4, 0.5) is 0 Å². The Morgan fingerprint density at radius 3 is 2.89 bits per heavy atom. The quantitative estimate of drug-likeness (QED) is 0.852. The van der Waals surface area contributed by atoms with E-state index in [9.17, 15) is 0 Å². The third-order valence-electron chi connectivity index (χ3n) is 4.76. The fraction of sp³-hybridized carbons (Fsp3) is 0.625. The van der Waals surface area contributed by atoms with E-state index in [1.165, 1.54) is 18.4 Å². The van der Waals surface area contributed by atoms with Crippen LogP contribution in [0.2, 0.25) is 0 Å². The van der Waals surface area contributed by atoms with E-state index in [4.69, 9.17) is 9.84 Å². The first kappa shape index (κ1) is 13.1. The lowest BCUT2D eigenvalue weighted by Crippen LogP contribution is -2.36. The number of aliphatic hydroxyl groups is 1. The lowest BCUT2D eigenvalue weighted by atomic mass is 9.92. The van der Waals surface area contributed by atoms with Gasteiger partial charge >= 0.3 is 0 Å². The molecule has 2 fully saturated rings. The van der Waals surface area contributed by atoms with Gasteiger partial charge in [-0.2, -0.15) is 0 Å². The number of fused-ring (bicyclic) bond motifs is 1. The van der Waals surface area contributed by atoms with E-state index in [-0.39, 0.29) is 0 Å². The van der Waals surface area contributed by atoms with Crippen LogP contribution >= 0.6 is 0 Å². The van der Waals surface area contributed by atoms with Crippen molar-refractivity contribution < 1.29 is 9.84 Å². The summed E-state index contributed by atoms with van der Waals surface area (Å²) in [4.78, 5) is 2.41. The lowest BCUT2D eigenvalue weighted by Gasteiger charge is -2.31. The molecule has 0 bridgehead atoms. The standard InChI is InChI=1S/C16H23NO2/c18-9-7-16-6-8-17(11-15(16)10-16)13-19-12-14-4-2-1-3-5-14/h1-5,15,18H,6-13H2. The van der Waals surface area contributed by atoms with Crippen molar-refractivity contribution >= 4 is 0 Å². The molecule has 3 rings (SSSR count). The van der Waals surface area contributed by atoms with Crippen molar-refractivity contribution in [1.82, 2.24) is 4.90 Å². The topological polar surface area (TPSA) is 32.7 Å². The van der Waals surface area contributed by atoms with Crippen molar-refractivity contribution in [3.05, 3.63) is 35.9 Å². The Bertz CT molecular complexity index is 408. The van der Waals surface area contributed by atoms with Crippen molar-refractivity contribution in [1.29, 1.82) is 0 Å². The minimum absolute atomic E-state index is 0.348. The van der Waals surface area contributed by atoms with Crippen molar-refractivity contribution in [3.63, 3.8) is 0 Å². The Labute approximate surface area is 115 Å². The average molecular weight is 261 g/mol. The molecule has 3 heteroatoms. The number of nitrogens with zero attached hydrogens (tertiary/aromatic N) is 1. The second-order valence-corrected chi connectivity index (χ2v) is 6.03. The number of ether oxygens (including phenoxy) is 1. The summed E-state index contributed by atoms with van der Waals surface area (Å²) in [5.41, 5.74) is 1.73. The van der Waals surface area contributed by atoms with Crippen LogP contribution in [-0.2, 0) is 11.3 Å². The Balaban J connectivity index is 1.39. The number of benzene rings is 1. The summed E-state index contributed by atoms with van der Waals surface area (Å²) in [6.07, 6.45) is 3.53. The second kappa shape index (κ2) is 5.61. The molecule has 0 amide bonds. The van der Waals surface area contributed by atoms with Crippen molar-refractivity contribution in [2.45, 2.75) is 25.9 Å². The molecular weight excluding hydrogens is 238 g/mol. The maximum atomic E-state index is 9.11. The molecule has 1 aliphatic heterocycles. The maximum Gasteiger partial charge on any atom is 0.0994 e. The molecule has 0 spiro atoms. The molecule has 1 aromatic carbocycles. The van der Waals surface area contributed by atoms with E-state index in [2.05, 4.69) is 17.0 Å². The molecule has 0 aromatic heterocycles. The van der Waals surface area contributed by atoms with Gasteiger partial charge in [-0.15, -0.1) is 0 Å². The summed E-state index contributed by atoms with van der Waals surface area (Å²) in [6.45, 7) is 4.05. The molecule has 2 atom stereocenters. The highest BCUT2D eigenvalue weighted by Crippen LogP contribution is 2.59. The van der Waals surface area contributed by atoms with E-state index in [0.717, 1.165) is 32.2 Å². The highest BCUT2D eigenvalue weighted by molar-refractivity contribution is 5.13. The van der Waals surface area contributed by atoms with Crippen LogP contribution in [0.3, 0.4) is 0 Å². The van der Waals surface area contributed by atoms with Crippen molar-refractivity contribution in [2.75, 3.05) is 26.4 Å². The lowest BCUT2D eigenvalue weighted by molar-refractivity contribution is -0.00120. The Hall–Kier alpha value is -0.900. The highest BCUT2D eigenvalue weighted by Gasteiger charge is 2.55. The van der Waals surface area contributed by atoms with Crippen molar-refractivity contribution in [2.24, 2.45) is 11.3 Å². The predicted octanol–water partition coefficient (Wildman–Crippen LogP) is 2.26. The smallest absolute Gasteiger partial charge is 0.0994 e. The van der Waals surface area contributed by atoms with E-state index < -0.39 is 0 Å². The van der Waals surface area contributed by atoms with Crippen LogP contribution in [0, 0.1) is 11.3 Å². The van der Waals surface area contributed by atoms with Gasteiger partial charge in [0.2, 0.25) is 0 Å². The molecular formula is C16H23NO2. The van der Waals surface area contributed by atoms with E-state index in [1.54, 1.807) is 0 Å². The van der Waals surface area contributed by atoms with Gasteiger partial charge < -0.3 is 9.84 Å². The number of rotatable bonds is 6. The second-order valence-electron chi connectivity index (χ2n) is 6.03. The molecule has 1 aliphatic carbocycles. The minimum atomic E-state index is 0.348. The molecule has 19 heavy (non-hydrogen) atoms. The predicted molar refractivity (Wildman–Crippen MR) is 74.5 cm³/mol. The molecule has 1 aromatic rings. The summed E-state index contributed by atoms with van der Waals surface area (Å²) < 4.78 is 5.80. The zero-order valence-electron chi connectivity index (χ0n) is 11.4. The molecule has 0 radical (unpaired) electrons. The molecule has 104 valence electrons. The van der Waals surface area contributed by atoms with E-state index in [0.29, 0.717) is 18.6 Å². The normalized spacial score (nSPS) is 30.1. The minimum Gasteiger partial charge on any atom is -0.396 e. The molecule has 1 saturated carbocycles. The molecule has 2 unspecified atom stereocenters. The van der Waals surface area contributed by atoms with Crippen LogP contribution in [0.25, 0.3) is 0 Å². The first-order valence-corrected chi connectivity index (χ1v) is 7.27. The van der Waals surface area contributed by atoms with Gasteiger partial charge in [0.25, 0.3) is 0 Å². The van der Waals surface area contributed by atoms with Gasteiger partial charge in [0.1, 0.15) is 0 Å². The van der Waals surface area contributed by atoms with Gasteiger partial charge in [-0.25, -0.2) is 0 Å². The van der Waals surface area contributed by atoms with Crippen LogP contribution in [0.1, 0.15) is 24.8 Å². The SMILES string of the molecule is OCCC12CCN(COCc3ccccc3)CC1C2. The summed E-state index contributed by atoms with van der Waals surface area (Å²) in [7, 11) is 0. The molecule has 2 aliphatic rings. The summed E-state index contributed by atoms with van der Waals surface area (Å²) in [5.74, 6) is 0.800. The molecule has 1 heterocycles. The van der Waals surface area contributed by atoms with Crippen LogP contribution in [0.15, 0.2) is 30.3 Å². The Kier molecular flexibility index (Phi) is 3.87. The van der Waals surface area contributed by atoms with Gasteiger partial charge in [0.05, 0.1) is 13.3 Å². The molecule has 1 N–H and O–H groups in total. The van der Waals surface area contributed by atoms with Crippen LogP contribution in [-0.4, -0.2) is 36.4 Å². The van der Waals surface area contributed by atoms with Crippen molar-refractivity contribution in [3.8, 4) is 0 Å². The number of aliphatic hydroxyl groups excluding tert-OH is 1. The van der Waals surface area contributed by atoms with Gasteiger partial charge in [0.15, 0.2) is 0 Å². The Morgan fingerprint density at radius 2 is 2.16 bits per heavy atom. The number of hydrogen-bond donors (Lipinski definition) is 1. The van der Waals surface area contributed by atoms with E-state index in [1.807, 2.05) is 18.2 Å². The molecule has 1 saturated heterocycles. The third kappa shape index (κ3) is 2.99. The first-order valence-electron chi connectivity index (χ1n) is 7.27. The number of likely N-dealkylation sites (tertiary alicyclic amines) is 1. The van der Waals surface area contributed by atoms with Gasteiger partial charge in [-0.3, -0.25) is 4.90 Å². The highest BCUT2D eigenvalue weighted by atomic mass is 16.5. The molecule has 3 nitrogen and oxygen atoms in total. The average Bonchev–Trinajstić information content (AvgIpc) is 3.14. The number of piperidine rings is 1. The van der Waals surface area contributed by atoms with Gasteiger partial charge in [-0.05, 0) is 36.2 Å². The fourth-order valence-corrected chi connectivity index (χ4v) is 3.42. The zero-order chi connectivity index (χ0) is 13.1. The fourth-order valence-electron chi connectivity index (χ4n) is 3.42. The zero-order valence-corrected chi connectivity index (χ0v) is 11.4. The van der Waals surface area contributed by atoms with Gasteiger partial charge in [0, 0.05) is 19.7 Å².